The Morgan fingerprint density at radius 3 is 2.41 bits per heavy atom. The average Bonchev–Trinajstić information content (AvgIpc) is 2.84. The number of benzene rings is 2. The summed E-state index contributed by atoms with van der Waals surface area (Å²) in [6, 6.07) is 14.3. The van der Waals surface area contributed by atoms with E-state index in [1.54, 1.807) is 12.1 Å². The molecule has 1 aliphatic heterocycles. The van der Waals surface area contributed by atoms with Crippen molar-refractivity contribution in [1.29, 1.82) is 5.26 Å². The molecule has 0 aromatic heterocycles. The smallest absolute Gasteiger partial charge is 0.372 e. The van der Waals surface area contributed by atoms with Crippen LogP contribution in [0.25, 0.3) is 0 Å². The van der Waals surface area contributed by atoms with E-state index < -0.39 is 0 Å². The lowest BCUT2D eigenvalue weighted by Gasteiger charge is -2.34. The van der Waals surface area contributed by atoms with Crippen LogP contribution in [0.15, 0.2) is 47.4 Å². The molecule has 2 aromatic carbocycles. The van der Waals surface area contributed by atoms with E-state index in [1.165, 1.54) is 17.7 Å². The van der Waals surface area contributed by atoms with Gasteiger partial charge in [0.05, 0.1) is 11.6 Å². The van der Waals surface area contributed by atoms with E-state index in [0.717, 1.165) is 81.4 Å². The lowest BCUT2D eigenvalue weighted by molar-refractivity contribution is 0.103. The lowest BCUT2D eigenvalue weighted by atomic mass is 9.90. The van der Waals surface area contributed by atoms with Gasteiger partial charge in [-0.3, -0.25) is 4.90 Å². The minimum absolute atomic E-state index is 0.316. The Labute approximate surface area is 206 Å². The third-order valence-electron chi connectivity index (χ3n) is 6.47. The molecule has 1 unspecified atom stereocenters. The predicted molar refractivity (Wildman–Crippen MR) is 135 cm³/mol. The van der Waals surface area contributed by atoms with Crippen LogP contribution in [0.2, 0.25) is 0 Å². The summed E-state index contributed by atoms with van der Waals surface area (Å²) in [4.78, 5) is 17.5. The number of carbonyl (C=O) groups is 1. The highest BCUT2D eigenvalue weighted by molar-refractivity contribution is 8.13. The third-order valence-corrected chi connectivity index (χ3v) is 7.26. The summed E-state index contributed by atoms with van der Waals surface area (Å²) in [5, 5.41) is 8.80. The van der Waals surface area contributed by atoms with Crippen molar-refractivity contribution in [2.75, 3.05) is 45.9 Å². The minimum Gasteiger partial charge on any atom is -0.456 e. The molecule has 5 nitrogen and oxygen atoms in total. The van der Waals surface area contributed by atoms with Crippen molar-refractivity contribution >= 4 is 17.1 Å². The average molecular weight is 484 g/mol. The number of ether oxygens (including phenoxy) is 1. The summed E-state index contributed by atoms with van der Waals surface area (Å²) in [5.41, 5.74) is 3.17. The van der Waals surface area contributed by atoms with Gasteiger partial charge in [-0.1, -0.05) is 19.1 Å². The van der Waals surface area contributed by atoms with Crippen LogP contribution in [0.5, 0.6) is 0 Å². The fraction of sp³-hybridized carbons (Fsp3) is 0.481. The first-order valence-electron chi connectivity index (χ1n) is 12.0. The van der Waals surface area contributed by atoms with Crippen LogP contribution < -0.4 is 0 Å². The summed E-state index contributed by atoms with van der Waals surface area (Å²) in [5.74, 6) is 0.221. The Morgan fingerprint density at radius 2 is 1.79 bits per heavy atom. The molecule has 2 aromatic rings. The lowest BCUT2D eigenvalue weighted by Crippen LogP contribution is -2.47. The molecule has 0 spiro atoms. The van der Waals surface area contributed by atoms with E-state index in [-0.39, 0.29) is 11.1 Å². The van der Waals surface area contributed by atoms with E-state index in [9.17, 15) is 9.18 Å². The van der Waals surface area contributed by atoms with Gasteiger partial charge in [-0.2, -0.15) is 5.26 Å². The molecule has 1 heterocycles. The Bertz CT molecular complexity index is 969. The second kappa shape index (κ2) is 13.5. The first-order valence-corrected chi connectivity index (χ1v) is 12.9. The normalized spacial score (nSPS) is 15.6. The molecule has 0 amide bonds. The van der Waals surface area contributed by atoms with Gasteiger partial charge in [0.2, 0.25) is 0 Å². The van der Waals surface area contributed by atoms with E-state index in [1.807, 2.05) is 13.0 Å². The highest BCUT2D eigenvalue weighted by Crippen LogP contribution is 2.27. The maximum Gasteiger partial charge on any atom is 0.372 e. The van der Waals surface area contributed by atoms with Crippen molar-refractivity contribution in [3.63, 3.8) is 0 Å². The van der Waals surface area contributed by atoms with Crippen LogP contribution in [0, 0.1) is 24.1 Å². The van der Waals surface area contributed by atoms with Crippen molar-refractivity contribution in [2.24, 2.45) is 0 Å². The zero-order chi connectivity index (χ0) is 24.3. The summed E-state index contributed by atoms with van der Waals surface area (Å²) in [7, 11) is 0. The Hall–Kier alpha value is -2.40. The molecule has 0 saturated carbocycles. The SMILES string of the molecule is CCC(CCCN1CCN(CCOC(=O)Sc2ccc(F)cc2)CC1)c1ccc(C#N)c(C)c1. The van der Waals surface area contributed by atoms with Gasteiger partial charge in [0.15, 0.2) is 0 Å². The van der Waals surface area contributed by atoms with E-state index in [0.29, 0.717) is 17.4 Å². The quantitative estimate of drug-likeness (QED) is 0.313. The maximum absolute atomic E-state index is 12.9. The highest BCUT2D eigenvalue weighted by Gasteiger charge is 2.18. The number of hydrogen-bond acceptors (Lipinski definition) is 6. The molecule has 0 bridgehead atoms. The largest absolute Gasteiger partial charge is 0.456 e. The summed E-state index contributed by atoms with van der Waals surface area (Å²) in [6.07, 6.45) is 3.43. The van der Waals surface area contributed by atoms with E-state index in [2.05, 4.69) is 34.9 Å². The van der Waals surface area contributed by atoms with Crippen LogP contribution in [-0.2, 0) is 4.74 Å². The summed E-state index contributed by atoms with van der Waals surface area (Å²) in [6.45, 7) is 10.5. The molecule has 0 aliphatic carbocycles. The van der Waals surface area contributed by atoms with Crippen molar-refractivity contribution < 1.29 is 13.9 Å². The molecular formula is C27H34FN3O2S. The third kappa shape index (κ3) is 8.12. The number of carbonyl (C=O) groups excluding carboxylic acids is 1. The van der Waals surface area contributed by atoms with E-state index in [4.69, 9.17) is 10.00 Å². The summed E-state index contributed by atoms with van der Waals surface area (Å²) < 4.78 is 18.3. The first-order chi connectivity index (χ1) is 16.5. The van der Waals surface area contributed by atoms with Gasteiger partial charge in [-0.15, -0.1) is 0 Å². The Balaban J connectivity index is 1.30. The zero-order valence-electron chi connectivity index (χ0n) is 20.1. The molecule has 1 fully saturated rings. The summed E-state index contributed by atoms with van der Waals surface area (Å²) >= 11 is 0.984. The number of halogens is 1. The number of rotatable bonds is 10. The zero-order valence-corrected chi connectivity index (χ0v) is 21.0. The number of aryl methyl sites for hydroxylation is 1. The fourth-order valence-electron chi connectivity index (χ4n) is 4.36. The number of nitrogens with zero attached hydrogens (tertiary/aromatic N) is 3. The molecule has 182 valence electrons. The molecule has 34 heavy (non-hydrogen) atoms. The molecule has 1 saturated heterocycles. The number of thioether (sulfide) groups is 1. The highest BCUT2D eigenvalue weighted by atomic mass is 32.2. The van der Waals surface area contributed by atoms with Crippen LogP contribution in [0.3, 0.4) is 0 Å². The van der Waals surface area contributed by atoms with Gasteiger partial charge in [0.1, 0.15) is 12.4 Å². The first kappa shape index (κ1) is 26.2. The molecule has 1 atom stereocenters. The van der Waals surface area contributed by atoms with Crippen LogP contribution in [-0.4, -0.2) is 61.0 Å². The number of nitriles is 1. The van der Waals surface area contributed by atoms with Crippen molar-refractivity contribution in [2.45, 2.75) is 43.9 Å². The molecule has 1 aliphatic rings. The van der Waals surface area contributed by atoms with Crippen molar-refractivity contribution in [1.82, 2.24) is 9.80 Å². The van der Waals surface area contributed by atoms with Gasteiger partial charge >= 0.3 is 5.30 Å². The number of piperazine rings is 1. The van der Waals surface area contributed by atoms with Crippen LogP contribution in [0.4, 0.5) is 9.18 Å². The minimum atomic E-state index is -0.354. The topological polar surface area (TPSA) is 56.6 Å². The van der Waals surface area contributed by atoms with Gasteiger partial charge < -0.3 is 9.64 Å². The molecule has 7 heteroatoms. The monoisotopic (exact) mass is 483 g/mol. The molecule has 0 N–H and O–H groups in total. The van der Waals surface area contributed by atoms with Crippen molar-refractivity contribution in [3.8, 4) is 6.07 Å². The van der Waals surface area contributed by atoms with Gasteiger partial charge in [0, 0.05) is 37.6 Å². The van der Waals surface area contributed by atoms with Gasteiger partial charge in [0.25, 0.3) is 0 Å². The van der Waals surface area contributed by atoms with Gasteiger partial charge in [-0.05, 0) is 91.9 Å². The molecule has 0 radical (unpaired) electrons. The second-order valence-electron chi connectivity index (χ2n) is 8.77. The Morgan fingerprint density at radius 1 is 1.12 bits per heavy atom. The maximum atomic E-state index is 12.9. The molecular weight excluding hydrogens is 449 g/mol. The molecule has 3 rings (SSSR count). The standard InChI is InChI=1S/C27H34FN3O2S/c1-3-22(23-6-7-24(20-29)21(2)19-23)5-4-12-30-13-15-31(16-14-30)17-18-33-27(32)34-26-10-8-25(28)9-11-26/h6-11,19,22H,3-5,12-18H2,1-2H3. The van der Waals surface area contributed by atoms with Crippen molar-refractivity contribution in [3.05, 3.63) is 65.0 Å². The Kier molecular flexibility index (Phi) is 10.4. The number of hydrogen-bond donors (Lipinski definition) is 0. The van der Waals surface area contributed by atoms with Crippen LogP contribution in [0.1, 0.15) is 48.8 Å². The second-order valence-corrected chi connectivity index (χ2v) is 9.78. The van der Waals surface area contributed by atoms with Gasteiger partial charge in [-0.25, -0.2) is 9.18 Å². The van der Waals surface area contributed by atoms with Crippen LogP contribution >= 0.6 is 11.8 Å². The van der Waals surface area contributed by atoms with E-state index >= 15 is 0 Å². The fourth-order valence-corrected chi connectivity index (χ4v) is 4.96. The predicted octanol–water partition coefficient (Wildman–Crippen LogP) is 5.83.